The minimum absolute atomic E-state index is 0.350. The van der Waals surface area contributed by atoms with Gasteiger partial charge < -0.3 is 5.73 Å². The van der Waals surface area contributed by atoms with E-state index >= 15 is 0 Å². The fraction of sp³-hybridized carbons (Fsp3) is 0.500. The van der Waals surface area contributed by atoms with Crippen LogP contribution in [0.1, 0.15) is 24.2 Å². The van der Waals surface area contributed by atoms with E-state index in [9.17, 15) is 4.39 Å². The minimum Gasteiger partial charge on any atom is -0.320 e. The fourth-order valence-electron chi connectivity index (χ4n) is 1.18. The Kier molecular flexibility index (Phi) is 1.41. The van der Waals surface area contributed by atoms with Gasteiger partial charge in [-0.15, -0.1) is 0 Å². The molecule has 1 aliphatic carbocycles. The second-order valence-electron chi connectivity index (χ2n) is 3.28. The van der Waals surface area contributed by atoms with Gasteiger partial charge in [0, 0.05) is 0 Å². The molecule has 2 rings (SSSR count). The van der Waals surface area contributed by atoms with Gasteiger partial charge in [-0.2, -0.15) is 0 Å². The summed E-state index contributed by atoms with van der Waals surface area (Å²) >= 11 is 0. The lowest BCUT2D eigenvalue weighted by Gasteiger charge is -2.08. The normalized spacial score (nSPS) is 19.2. The van der Waals surface area contributed by atoms with Crippen LogP contribution in [0.15, 0.2) is 6.33 Å². The van der Waals surface area contributed by atoms with Crippen LogP contribution >= 0.6 is 0 Å². The maximum absolute atomic E-state index is 13.3. The molecule has 3 nitrogen and oxygen atoms in total. The van der Waals surface area contributed by atoms with E-state index in [0.717, 1.165) is 12.8 Å². The maximum atomic E-state index is 13.3. The first kappa shape index (κ1) is 7.61. The molecule has 0 amide bonds. The lowest BCUT2D eigenvalue weighted by Crippen LogP contribution is -2.22. The van der Waals surface area contributed by atoms with E-state index in [0.29, 0.717) is 11.4 Å². The van der Waals surface area contributed by atoms with Crippen LogP contribution in [0.3, 0.4) is 0 Å². The molecule has 12 heavy (non-hydrogen) atoms. The SMILES string of the molecule is Cc1ncnc(C2(N)CC2)c1F. The molecule has 1 aromatic heterocycles. The van der Waals surface area contributed by atoms with Crippen LogP contribution < -0.4 is 5.73 Å². The Hall–Kier alpha value is -1.03. The average Bonchev–Trinajstić information content (AvgIpc) is 2.75. The maximum Gasteiger partial charge on any atom is 0.167 e. The van der Waals surface area contributed by atoms with E-state index in [1.54, 1.807) is 6.92 Å². The lowest BCUT2D eigenvalue weighted by atomic mass is 10.1. The molecule has 0 spiro atoms. The van der Waals surface area contributed by atoms with Crippen molar-refractivity contribution in [2.24, 2.45) is 5.73 Å². The van der Waals surface area contributed by atoms with Gasteiger partial charge in [-0.05, 0) is 19.8 Å². The van der Waals surface area contributed by atoms with Crippen LogP contribution in [0, 0.1) is 12.7 Å². The minimum atomic E-state index is -0.502. The largest absolute Gasteiger partial charge is 0.320 e. The van der Waals surface area contributed by atoms with E-state index in [4.69, 9.17) is 5.73 Å². The van der Waals surface area contributed by atoms with Gasteiger partial charge in [-0.3, -0.25) is 0 Å². The smallest absolute Gasteiger partial charge is 0.167 e. The first-order valence-corrected chi connectivity index (χ1v) is 3.90. The molecule has 1 fully saturated rings. The summed E-state index contributed by atoms with van der Waals surface area (Å²) in [7, 11) is 0. The summed E-state index contributed by atoms with van der Waals surface area (Å²) in [6.45, 7) is 1.62. The first-order chi connectivity index (χ1) is 5.63. The highest BCUT2D eigenvalue weighted by molar-refractivity contribution is 5.24. The Morgan fingerprint density at radius 1 is 1.50 bits per heavy atom. The van der Waals surface area contributed by atoms with E-state index in [1.807, 2.05) is 0 Å². The van der Waals surface area contributed by atoms with Crippen molar-refractivity contribution >= 4 is 0 Å². The first-order valence-electron chi connectivity index (χ1n) is 3.90. The van der Waals surface area contributed by atoms with Gasteiger partial charge >= 0.3 is 0 Å². The third-order valence-corrected chi connectivity index (χ3v) is 2.22. The monoisotopic (exact) mass is 167 g/mol. The van der Waals surface area contributed by atoms with Crippen molar-refractivity contribution < 1.29 is 4.39 Å². The van der Waals surface area contributed by atoms with E-state index in [2.05, 4.69) is 9.97 Å². The lowest BCUT2D eigenvalue weighted by molar-refractivity contribution is 0.544. The van der Waals surface area contributed by atoms with E-state index in [-0.39, 0.29) is 5.82 Å². The number of nitrogens with zero attached hydrogens (tertiary/aromatic N) is 2. The molecule has 0 radical (unpaired) electrons. The highest BCUT2D eigenvalue weighted by atomic mass is 19.1. The molecule has 4 heteroatoms. The molecule has 0 aliphatic heterocycles. The van der Waals surface area contributed by atoms with Crippen molar-refractivity contribution in [3.8, 4) is 0 Å². The predicted molar refractivity (Wildman–Crippen MR) is 41.8 cm³/mol. The van der Waals surface area contributed by atoms with Gasteiger partial charge in [0.25, 0.3) is 0 Å². The van der Waals surface area contributed by atoms with Crippen LogP contribution in [0.25, 0.3) is 0 Å². The number of halogens is 1. The molecular weight excluding hydrogens is 157 g/mol. The zero-order valence-corrected chi connectivity index (χ0v) is 6.84. The Labute approximate surface area is 69.8 Å². The molecular formula is C8H10FN3. The number of aryl methyl sites for hydroxylation is 1. The number of aromatic nitrogens is 2. The standard InChI is InChI=1S/C8H10FN3/c1-5-6(9)7(12-4-11-5)8(10)2-3-8/h4H,2-3,10H2,1H3. The summed E-state index contributed by atoms with van der Waals surface area (Å²) in [5.41, 5.74) is 6.05. The third kappa shape index (κ3) is 0.992. The van der Waals surface area contributed by atoms with Gasteiger partial charge in [0.15, 0.2) is 5.82 Å². The highest BCUT2D eigenvalue weighted by Gasteiger charge is 2.43. The molecule has 0 unspecified atom stereocenters. The quantitative estimate of drug-likeness (QED) is 0.675. The van der Waals surface area contributed by atoms with Crippen molar-refractivity contribution in [2.45, 2.75) is 25.3 Å². The molecule has 1 aliphatic rings. The molecule has 0 saturated heterocycles. The molecule has 1 saturated carbocycles. The second-order valence-corrected chi connectivity index (χ2v) is 3.28. The van der Waals surface area contributed by atoms with Crippen LogP contribution in [-0.2, 0) is 5.54 Å². The van der Waals surface area contributed by atoms with Crippen LogP contribution in [0.4, 0.5) is 4.39 Å². The van der Waals surface area contributed by atoms with Crippen molar-refractivity contribution in [3.63, 3.8) is 0 Å². The highest BCUT2D eigenvalue weighted by Crippen LogP contribution is 2.42. The Balaban J connectivity index is 2.51. The second kappa shape index (κ2) is 2.23. The molecule has 2 N–H and O–H groups in total. The Morgan fingerprint density at radius 2 is 2.17 bits per heavy atom. The van der Waals surface area contributed by atoms with Gasteiger partial charge in [0.05, 0.1) is 16.9 Å². The Morgan fingerprint density at radius 3 is 2.75 bits per heavy atom. The van der Waals surface area contributed by atoms with Crippen LogP contribution in [0.2, 0.25) is 0 Å². The topological polar surface area (TPSA) is 51.8 Å². The number of hydrogen-bond acceptors (Lipinski definition) is 3. The molecule has 1 aromatic rings. The summed E-state index contributed by atoms with van der Waals surface area (Å²) in [5.74, 6) is -0.350. The van der Waals surface area contributed by atoms with E-state index in [1.165, 1.54) is 6.33 Å². The average molecular weight is 167 g/mol. The van der Waals surface area contributed by atoms with Crippen LogP contribution in [-0.4, -0.2) is 9.97 Å². The van der Waals surface area contributed by atoms with Crippen LogP contribution in [0.5, 0.6) is 0 Å². The molecule has 0 aromatic carbocycles. The molecule has 1 heterocycles. The van der Waals surface area contributed by atoms with Crippen molar-refractivity contribution in [1.82, 2.24) is 9.97 Å². The summed E-state index contributed by atoms with van der Waals surface area (Å²) in [6, 6.07) is 0. The van der Waals surface area contributed by atoms with Gasteiger partial charge in [0.2, 0.25) is 0 Å². The van der Waals surface area contributed by atoms with Crippen molar-refractivity contribution in [2.75, 3.05) is 0 Å². The number of hydrogen-bond donors (Lipinski definition) is 1. The summed E-state index contributed by atoms with van der Waals surface area (Å²) in [6.07, 6.45) is 3.00. The molecule has 0 bridgehead atoms. The van der Waals surface area contributed by atoms with Crippen molar-refractivity contribution in [1.29, 1.82) is 0 Å². The summed E-state index contributed by atoms with van der Waals surface area (Å²) < 4.78 is 13.3. The number of rotatable bonds is 1. The van der Waals surface area contributed by atoms with E-state index < -0.39 is 5.54 Å². The molecule has 64 valence electrons. The fourth-order valence-corrected chi connectivity index (χ4v) is 1.18. The number of nitrogens with two attached hydrogens (primary N) is 1. The van der Waals surface area contributed by atoms with Gasteiger partial charge in [-0.1, -0.05) is 0 Å². The van der Waals surface area contributed by atoms with Gasteiger partial charge in [0.1, 0.15) is 6.33 Å². The zero-order valence-electron chi connectivity index (χ0n) is 6.84. The Bertz CT molecular complexity index is 320. The zero-order chi connectivity index (χ0) is 8.77. The van der Waals surface area contributed by atoms with Crippen molar-refractivity contribution in [3.05, 3.63) is 23.5 Å². The molecule has 0 atom stereocenters. The predicted octanol–water partition coefficient (Wildman–Crippen LogP) is 0.872. The summed E-state index contributed by atoms with van der Waals surface area (Å²) in [5, 5.41) is 0. The van der Waals surface area contributed by atoms with Gasteiger partial charge in [-0.25, -0.2) is 14.4 Å². The summed E-state index contributed by atoms with van der Waals surface area (Å²) in [4.78, 5) is 7.60. The third-order valence-electron chi connectivity index (χ3n) is 2.22.